The summed E-state index contributed by atoms with van der Waals surface area (Å²) in [5, 5.41) is 3.08. The fraction of sp³-hybridized carbons (Fsp3) is 0.429. The molecule has 0 atom stereocenters. The van der Waals surface area contributed by atoms with Crippen LogP contribution in [0.2, 0.25) is 0 Å². The fourth-order valence-corrected chi connectivity index (χ4v) is 5.26. The molecule has 1 aromatic heterocycles. The summed E-state index contributed by atoms with van der Waals surface area (Å²) in [5.41, 5.74) is 6.52. The zero-order valence-corrected chi connectivity index (χ0v) is 22.4. The van der Waals surface area contributed by atoms with Gasteiger partial charge in [-0.3, -0.25) is 9.69 Å². The van der Waals surface area contributed by atoms with Gasteiger partial charge in [-0.1, -0.05) is 12.1 Å². The monoisotopic (exact) mass is 491 g/mol. The number of piperazine rings is 1. The molecule has 0 saturated carbocycles. The van der Waals surface area contributed by atoms with Gasteiger partial charge in [-0.05, 0) is 88.4 Å². The van der Waals surface area contributed by atoms with Crippen LogP contribution in [0.15, 0.2) is 47.4 Å². The quantitative estimate of drug-likeness (QED) is 0.363. The summed E-state index contributed by atoms with van der Waals surface area (Å²) in [6.07, 6.45) is 3.00. The summed E-state index contributed by atoms with van der Waals surface area (Å²) < 4.78 is 2.05. The van der Waals surface area contributed by atoms with E-state index in [9.17, 15) is 4.79 Å². The Morgan fingerprint density at radius 3 is 2.40 bits per heavy atom. The third-order valence-electron chi connectivity index (χ3n) is 7.05. The minimum atomic E-state index is -0.0928. The molecule has 1 aliphatic rings. The molecule has 0 radical (unpaired) electrons. The van der Waals surface area contributed by atoms with Gasteiger partial charge >= 0.3 is 0 Å². The van der Waals surface area contributed by atoms with Crippen molar-refractivity contribution in [1.29, 1.82) is 0 Å². The highest BCUT2D eigenvalue weighted by molar-refractivity contribution is 7.98. The topological polar surface area (TPSA) is 53.4 Å². The fourth-order valence-electron chi connectivity index (χ4n) is 4.85. The van der Waals surface area contributed by atoms with Crippen LogP contribution in [0.5, 0.6) is 0 Å². The lowest BCUT2D eigenvalue weighted by atomic mass is 10.1. The van der Waals surface area contributed by atoms with E-state index >= 15 is 0 Å². The van der Waals surface area contributed by atoms with Crippen LogP contribution in [-0.2, 0) is 0 Å². The number of aryl methyl sites for hydroxylation is 2. The Kier molecular flexibility index (Phi) is 8.19. The van der Waals surface area contributed by atoms with Crippen molar-refractivity contribution < 1.29 is 4.79 Å². The van der Waals surface area contributed by atoms with Crippen molar-refractivity contribution >= 4 is 23.4 Å². The van der Waals surface area contributed by atoms with Gasteiger partial charge in [0.1, 0.15) is 11.5 Å². The summed E-state index contributed by atoms with van der Waals surface area (Å²) in [5.74, 6) is 0.732. The van der Waals surface area contributed by atoms with E-state index in [4.69, 9.17) is 0 Å². The van der Waals surface area contributed by atoms with Gasteiger partial charge < -0.3 is 14.8 Å². The van der Waals surface area contributed by atoms with Gasteiger partial charge in [0.25, 0.3) is 5.91 Å². The van der Waals surface area contributed by atoms with Crippen molar-refractivity contribution in [3.05, 3.63) is 70.8 Å². The molecule has 1 aliphatic heterocycles. The molecule has 2 aromatic carbocycles. The van der Waals surface area contributed by atoms with Gasteiger partial charge in [0.15, 0.2) is 0 Å². The van der Waals surface area contributed by atoms with Gasteiger partial charge in [0.05, 0.1) is 5.69 Å². The number of imidazole rings is 1. The molecular formula is C28H37N5OS. The molecule has 1 N–H and O–H groups in total. The van der Waals surface area contributed by atoms with Crippen LogP contribution >= 0.6 is 11.8 Å². The van der Waals surface area contributed by atoms with E-state index in [0.29, 0.717) is 12.2 Å². The molecule has 2 heterocycles. The van der Waals surface area contributed by atoms with Crippen LogP contribution < -0.4 is 10.2 Å². The minimum absolute atomic E-state index is 0.0928. The smallest absolute Gasteiger partial charge is 0.271 e. The summed E-state index contributed by atoms with van der Waals surface area (Å²) in [6, 6.07) is 14.9. The third-order valence-corrected chi connectivity index (χ3v) is 7.79. The second-order valence-corrected chi connectivity index (χ2v) is 10.2. The molecule has 1 fully saturated rings. The molecule has 0 bridgehead atoms. The number of thioether (sulfide) groups is 1. The summed E-state index contributed by atoms with van der Waals surface area (Å²) in [6.45, 7) is 14.2. The second kappa shape index (κ2) is 11.3. The Morgan fingerprint density at radius 1 is 1.00 bits per heavy atom. The van der Waals surface area contributed by atoms with Gasteiger partial charge in [0.2, 0.25) is 0 Å². The molecule has 0 unspecified atom stereocenters. The average molecular weight is 492 g/mol. The van der Waals surface area contributed by atoms with Crippen LogP contribution in [0.25, 0.3) is 5.69 Å². The van der Waals surface area contributed by atoms with Crippen molar-refractivity contribution in [3.63, 3.8) is 0 Å². The standard InChI is InChI=1S/C28H37N5OS/c1-20-8-6-9-26(21(20)2)32-18-16-31(17-19-32)15-7-14-29-28(34)27-22(3)33(23(4)30-27)24-10-12-25(35-5)13-11-24/h6,8-13H,7,14-19H2,1-5H3,(H,29,34). The number of nitrogens with one attached hydrogen (secondary N) is 1. The predicted molar refractivity (Wildman–Crippen MR) is 146 cm³/mol. The Hall–Kier alpha value is -2.77. The SMILES string of the molecule is CSc1ccc(-n2c(C)nc(C(=O)NCCCN3CCN(c4cccc(C)c4C)CC3)c2C)cc1. The number of hydrogen-bond acceptors (Lipinski definition) is 5. The number of benzene rings is 2. The number of anilines is 1. The Morgan fingerprint density at radius 2 is 1.71 bits per heavy atom. The highest BCUT2D eigenvalue weighted by Crippen LogP contribution is 2.24. The maximum absolute atomic E-state index is 12.9. The maximum Gasteiger partial charge on any atom is 0.271 e. The summed E-state index contributed by atoms with van der Waals surface area (Å²) in [4.78, 5) is 23.6. The largest absolute Gasteiger partial charge is 0.369 e. The molecule has 6 nitrogen and oxygen atoms in total. The number of carbonyl (C=O) groups is 1. The highest BCUT2D eigenvalue weighted by Gasteiger charge is 2.20. The van der Waals surface area contributed by atoms with Gasteiger partial charge in [-0.2, -0.15) is 0 Å². The van der Waals surface area contributed by atoms with E-state index in [1.807, 2.05) is 13.8 Å². The molecule has 4 rings (SSSR count). The van der Waals surface area contributed by atoms with Crippen LogP contribution in [0, 0.1) is 27.7 Å². The molecular weight excluding hydrogens is 454 g/mol. The molecule has 0 spiro atoms. The summed E-state index contributed by atoms with van der Waals surface area (Å²) >= 11 is 1.72. The number of rotatable bonds is 8. The molecule has 186 valence electrons. The van der Waals surface area contributed by atoms with Crippen molar-refractivity contribution in [3.8, 4) is 5.69 Å². The highest BCUT2D eigenvalue weighted by atomic mass is 32.2. The van der Waals surface area contributed by atoms with Crippen LogP contribution in [-0.4, -0.2) is 65.9 Å². The zero-order chi connectivity index (χ0) is 24.9. The Labute approximate surface area is 213 Å². The van der Waals surface area contributed by atoms with Crippen molar-refractivity contribution in [2.45, 2.75) is 39.0 Å². The molecule has 3 aromatic rings. The van der Waals surface area contributed by atoms with Crippen molar-refractivity contribution in [2.75, 3.05) is 50.4 Å². The van der Waals surface area contributed by atoms with E-state index < -0.39 is 0 Å². The Balaban J connectivity index is 1.25. The van der Waals surface area contributed by atoms with Crippen LogP contribution in [0.4, 0.5) is 5.69 Å². The lowest BCUT2D eigenvalue weighted by Gasteiger charge is -2.37. The first kappa shape index (κ1) is 25.3. The lowest BCUT2D eigenvalue weighted by molar-refractivity contribution is 0.0946. The average Bonchev–Trinajstić information content (AvgIpc) is 3.17. The van der Waals surface area contributed by atoms with E-state index in [2.05, 4.69) is 87.2 Å². The number of nitrogens with zero attached hydrogens (tertiary/aromatic N) is 4. The van der Waals surface area contributed by atoms with Gasteiger partial charge in [-0.15, -0.1) is 11.8 Å². The van der Waals surface area contributed by atoms with Gasteiger partial charge in [-0.25, -0.2) is 4.98 Å². The van der Waals surface area contributed by atoms with Gasteiger partial charge in [0, 0.05) is 49.0 Å². The predicted octanol–water partition coefficient (Wildman–Crippen LogP) is 4.77. The molecule has 1 saturated heterocycles. The number of carbonyl (C=O) groups excluding carboxylic acids is 1. The molecule has 1 amide bonds. The number of hydrogen-bond donors (Lipinski definition) is 1. The molecule has 35 heavy (non-hydrogen) atoms. The lowest BCUT2D eigenvalue weighted by Crippen LogP contribution is -2.47. The van der Waals surface area contributed by atoms with E-state index in [-0.39, 0.29) is 5.91 Å². The first-order valence-corrected chi connectivity index (χ1v) is 13.6. The maximum atomic E-state index is 12.9. The van der Waals surface area contributed by atoms with E-state index in [1.165, 1.54) is 21.7 Å². The minimum Gasteiger partial charge on any atom is -0.369 e. The number of amides is 1. The summed E-state index contributed by atoms with van der Waals surface area (Å²) in [7, 11) is 0. The molecule has 0 aliphatic carbocycles. The normalized spacial score (nSPS) is 14.4. The zero-order valence-electron chi connectivity index (χ0n) is 21.6. The molecule has 7 heteroatoms. The van der Waals surface area contributed by atoms with Crippen molar-refractivity contribution in [2.24, 2.45) is 0 Å². The third kappa shape index (κ3) is 5.73. The van der Waals surface area contributed by atoms with Crippen LogP contribution in [0.3, 0.4) is 0 Å². The first-order valence-electron chi connectivity index (χ1n) is 12.4. The van der Waals surface area contributed by atoms with Crippen molar-refractivity contribution in [1.82, 2.24) is 19.8 Å². The van der Waals surface area contributed by atoms with Crippen LogP contribution in [0.1, 0.15) is 39.6 Å². The number of aromatic nitrogens is 2. The van der Waals surface area contributed by atoms with E-state index in [0.717, 1.165) is 56.4 Å². The second-order valence-electron chi connectivity index (χ2n) is 9.28. The first-order chi connectivity index (χ1) is 16.9. The van der Waals surface area contributed by atoms with E-state index in [1.54, 1.807) is 11.8 Å². The Bertz CT molecular complexity index is 1160.